The molecule has 0 bridgehead atoms. The minimum Gasteiger partial charge on any atom is -0.377 e. The Labute approximate surface area is 71.2 Å². The predicted molar refractivity (Wildman–Crippen MR) is 42.6 cm³/mol. The van der Waals surface area contributed by atoms with Gasteiger partial charge in [-0.1, -0.05) is 0 Å². The van der Waals surface area contributed by atoms with Gasteiger partial charge in [-0.05, 0) is 0 Å². The predicted octanol–water partition coefficient (Wildman–Crippen LogP) is -1.52. The third kappa shape index (κ3) is 3.17. The molecule has 1 rings (SSSR count). The molecule has 0 aromatic carbocycles. The molecule has 0 atom stereocenters. The molecule has 1 heterocycles. The van der Waals surface area contributed by atoms with Crippen molar-refractivity contribution in [1.82, 2.24) is 5.32 Å². The second-order valence-electron chi connectivity index (χ2n) is 2.62. The number of rotatable bonds is 2. The van der Waals surface area contributed by atoms with Crippen LogP contribution in [0.3, 0.4) is 0 Å². The molecule has 70 valence electrons. The number of ether oxygens (including phenoxy) is 2. The molecule has 0 saturated carbocycles. The van der Waals surface area contributed by atoms with Gasteiger partial charge in [0.05, 0.1) is 39.0 Å². The van der Waals surface area contributed by atoms with E-state index < -0.39 is 0 Å². The topological polar surface area (TPSA) is 73.6 Å². The van der Waals surface area contributed by atoms with Crippen LogP contribution in [0, 0.1) is 0 Å². The van der Waals surface area contributed by atoms with E-state index in [-0.39, 0.29) is 18.5 Å². The van der Waals surface area contributed by atoms with Gasteiger partial charge in [0.2, 0.25) is 5.91 Å². The number of carbonyl (C=O) groups is 1. The number of amides is 1. The van der Waals surface area contributed by atoms with Gasteiger partial charge in [0.15, 0.2) is 0 Å². The monoisotopic (exact) mass is 174 g/mol. The van der Waals surface area contributed by atoms with Crippen LogP contribution in [0.4, 0.5) is 0 Å². The fourth-order valence-corrected chi connectivity index (χ4v) is 0.987. The van der Waals surface area contributed by atoms with Crippen LogP contribution >= 0.6 is 0 Å². The van der Waals surface area contributed by atoms with E-state index in [0.717, 1.165) is 0 Å². The largest absolute Gasteiger partial charge is 0.377 e. The number of carbonyl (C=O) groups excluding carboxylic acids is 1. The SMILES string of the molecule is NCC(=O)NC1COCCOC1. The van der Waals surface area contributed by atoms with E-state index in [9.17, 15) is 4.79 Å². The summed E-state index contributed by atoms with van der Waals surface area (Å²) in [5, 5.41) is 2.69. The Balaban J connectivity index is 2.24. The van der Waals surface area contributed by atoms with Crippen molar-refractivity contribution >= 4 is 5.91 Å². The van der Waals surface area contributed by atoms with Gasteiger partial charge in [-0.15, -0.1) is 0 Å². The molecule has 1 fully saturated rings. The zero-order valence-electron chi connectivity index (χ0n) is 6.91. The van der Waals surface area contributed by atoms with Crippen molar-refractivity contribution in [3.8, 4) is 0 Å². The van der Waals surface area contributed by atoms with E-state index in [2.05, 4.69) is 5.32 Å². The third-order valence-corrected chi connectivity index (χ3v) is 1.56. The van der Waals surface area contributed by atoms with Crippen molar-refractivity contribution < 1.29 is 14.3 Å². The average molecular weight is 174 g/mol. The van der Waals surface area contributed by atoms with Crippen LogP contribution in [-0.2, 0) is 14.3 Å². The highest BCUT2D eigenvalue weighted by Gasteiger charge is 2.14. The molecule has 0 radical (unpaired) electrons. The van der Waals surface area contributed by atoms with Crippen LogP contribution in [0.1, 0.15) is 0 Å². The maximum absolute atomic E-state index is 10.8. The first kappa shape index (κ1) is 9.44. The summed E-state index contributed by atoms with van der Waals surface area (Å²) in [5.74, 6) is -0.172. The number of nitrogens with one attached hydrogen (secondary N) is 1. The molecule has 5 heteroatoms. The molecule has 5 nitrogen and oxygen atoms in total. The van der Waals surface area contributed by atoms with E-state index in [1.807, 2.05) is 0 Å². The van der Waals surface area contributed by atoms with Crippen molar-refractivity contribution in [2.24, 2.45) is 5.73 Å². The summed E-state index contributed by atoms with van der Waals surface area (Å²) in [4.78, 5) is 10.8. The molecule has 0 spiro atoms. The van der Waals surface area contributed by atoms with Crippen LogP contribution in [0.5, 0.6) is 0 Å². The van der Waals surface area contributed by atoms with Crippen molar-refractivity contribution in [1.29, 1.82) is 0 Å². The summed E-state index contributed by atoms with van der Waals surface area (Å²) in [6, 6.07) is -0.0523. The van der Waals surface area contributed by atoms with Crippen molar-refractivity contribution in [3.05, 3.63) is 0 Å². The van der Waals surface area contributed by atoms with Crippen LogP contribution in [0.15, 0.2) is 0 Å². The Bertz CT molecular complexity index is 144. The van der Waals surface area contributed by atoms with E-state index in [4.69, 9.17) is 15.2 Å². The van der Waals surface area contributed by atoms with Gasteiger partial charge in [-0.3, -0.25) is 4.79 Å². The van der Waals surface area contributed by atoms with E-state index in [1.165, 1.54) is 0 Å². The maximum atomic E-state index is 10.8. The lowest BCUT2D eigenvalue weighted by atomic mass is 10.3. The van der Waals surface area contributed by atoms with Crippen LogP contribution in [0.2, 0.25) is 0 Å². The summed E-state index contributed by atoms with van der Waals surface area (Å²) < 4.78 is 10.3. The zero-order chi connectivity index (χ0) is 8.81. The molecule has 12 heavy (non-hydrogen) atoms. The zero-order valence-corrected chi connectivity index (χ0v) is 6.91. The molecule has 1 aliphatic rings. The Kier molecular flexibility index (Phi) is 3.99. The summed E-state index contributed by atoms with van der Waals surface area (Å²) in [6.45, 7) is 2.21. The smallest absolute Gasteiger partial charge is 0.234 e. The Morgan fingerprint density at radius 1 is 1.42 bits per heavy atom. The summed E-state index contributed by atoms with van der Waals surface area (Å²) in [7, 11) is 0. The molecule has 1 saturated heterocycles. The van der Waals surface area contributed by atoms with Crippen molar-refractivity contribution in [3.63, 3.8) is 0 Å². The summed E-state index contributed by atoms with van der Waals surface area (Å²) in [5.41, 5.74) is 5.13. The highest BCUT2D eigenvalue weighted by molar-refractivity contribution is 5.78. The fourth-order valence-electron chi connectivity index (χ4n) is 0.987. The summed E-state index contributed by atoms with van der Waals surface area (Å²) in [6.07, 6.45) is 0. The molecular weight excluding hydrogens is 160 g/mol. The Morgan fingerprint density at radius 3 is 2.50 bits per heavy atom. The lowest BCUT2D eigenvalue weighted by Gasteiger charge is -2.14. The van der Waals surface area contributed by atoms with Gasteiger partial charge in [0.1, 0.15) is 0 Å². The second-order valence-corrected chi connectivity index (χ2v) is 2.62. The van der Waals surface area contributed by atoms with E-state index >= 15 is 0 Å². The Morgan fingerprint density at radius 2 is 2.00 bits per heavy atom. The lowest BCUT2D eigenvalue weighted by molar-refractivity contribution is -0.121. The standard InChI is InChI=1S/C7H14N2O3/c8-3-7(10)9-6-4-11-1-2-12-5-6/h6H,1-5,8H2,(H,9,10). The average Bonchev–Trinajstić information content (AvgIpc) is 2.33. The molecule has 3 N–H and O–H groups in total. The highest BCUT2D eigenvalue weighted by Crippen LogP contribution is 1.94. The van der Waals surface area contributed by atoms with Gasteiger partial charge in [0, 0.05) is 0 Å². The highest BCUT2D eigenvalue weighted by atomic mass is 16.5. The van der Waals surface area contributed by atoms with Gasteiger partial charge >= 0.3 is 0 Å². The van der Waals surface area contributed by atoms with Gasteiger partial charge in [-0.25, -0.2) is 0 Å². The number of hydrogen-bond donors (Lipinski definition) is 2. The Hall–Kier alpha value is -0.650. The molecule has 0 aliphatic carbocycles. The van der Waals surface area contributed by atoms with Gasteiger partial charge in [-0.2, -0.15) is 0 Å². The normalized spacial score (nSPS) is 20.1. The van der Waals surface area contributed by atoms with Gasteiger partial charge in [0.25, 0.3) is 0 Å². The lowest BCUT2D eigenvalue weighted by Crippen LogP contribution is -2.43. The molecule has 1 aliphatic heterocycles. The first-order valence-electron chi connectivity index (χ1n) is 3.98. The first-order valence-corrected chi connectivity index (χ1v) is 3.98. The number of hydrogen-bond acceptors (Lipinski definition) is 4. The van der Waals surface area contributed by atoms with Crippen LogP contribution in [-0.4, -0.2) is 44.9 Å². The maximum Gasteiger partial charge on any atom is 0.234 e. The molecular formula is C7H14N2O3. The quantitative estimate of drug-likeness (QED) is 0.533. The second kappa shape index (κ2) is 5.08. The first-order chi connectivity index (χ1) is 5.83. The molecule has 0 unspecified atom stereocenters. The minimum absolute atomic E-state index is 0.0104. The minimum atomic E-state index is -0.172. The molecule has 0 aromatic rings. The van der Waals surface area contributed by atoms with Crippen LogP contribution < -0.4 is 11.1 Å². The number of nitrogens with two attached hydrogens (primary N) is 1. The molecule has 0 aromatic heterocycles. The molecule has 1 amide bonds. The van der Waals surface area contributed by atoms with Crippen LogP contribution in [0.25, 0.3) is 0 Å². The van der Waals surface area contributed by atoms with Gasteiger partial charge < -0.3 is 20.5 Å². The fraction of sp³-hybridized carbons (Fsp3) is 0.857. The van der Waals surface area contributed by atoms with E-state index in [0.29, 0.717) is 26.4 Å². The van der Waals surface area contributed by atoms with E-state index in [1.54, 1.807) is 0 Å². The van der Waals surface area contributed by atoms with Crippen molar-refractivity contribution in [2.75, 3.05) is 33.0 Å². The third-order valence-electron chi connectivity index (χ3n) is 1.56. The van der Waals surface area contributed by atoms with Crippen molar-refractivity contribution in [2.45, 2.75) is 6.04 Å². The summed E-state index contributed by atoms with van der Waals surface area (Å²) >= 11 is 0.